The molecular formula is C17H15BrO3. The molecule has 0 saturated carbocycles. The van der Waals surface area contributed by atoms with E-state index in [1.54, 1.807) is 0 Å². The van der Waals surface area contributed by atoms with Crippen LogP contribution in [0, 0.1) is 0 Å². The number of benzene rings is 2. The summed E-state index contributed by atoms with van der Waals surface area (Å²) >= 11 is 3.56. The van der Waals surface area contributed by atoms with Crippen LogP contribution in [-0.2, 0) is 5.41 Å². The first-order valence-electron chi connectivity index (χ1n) is 6.68. The molecule has 21 heavy (non-hydrogen) atoms. The Labute approximate surface area is 130 Å². The summed E-state index contributed by atoms with van der Waals surface area (Å²) in [5.74, 6) is -1.01. The molecule has 0 fully saturated rings. The number of hydrogen-bond acceptors (Lipinski definition) is 2. The number of carboxylic acids is 1. The van der Waals surface area contributed by atoms with Crippen molar-refractivity contribution in [1.82, 2.24) is 0 Å². The molecule has 0 aliphatic carbocycles. The summed E-state index contributed by atoms with van der Waals surface area (Å²) < 4.78 is 6.48. The van der Waals surface area contributed by atoms with E-state index < -0.39 is 5.97 Å². The minimum Gasteiger partial charge on any atom is -0.475 e. The van der Waals surface area contributed by atoms with Gasteiger partial charge >= 0.3 is 5.97 Å². The number of aromatic carboxylic acids is 1. The summed E-state index contributed by atoms with van der Waals surface area (Å²) in [5, 5.41) is 12.4. The molecule has 108 valence electrons. The lowest BCUT2D eigenvalue weighted by Gasteiger charge is -2.18. The summed E-state index contributed by atoms with van der Waals surface area (Å²) in [6, 6.07) is 9.92. The molecule has 0 unspecified atom stereocenters. The number of carbonyl (C=O) groups is 1. The van der Waals surface area contributed by atoms with E-state index in [4.69, 9.17) is 4.42 Å². The van der Waals surface area contributed by atoms with Crippen molar-refractivity contribution in [1.29, 1.82) is 0 Å². The van der Waals surface area contributed by atoms with E-state index in [1.165, 1.54) is 0 Å². The molecule has 2 aromatic carbocycles. The Bertz CT molecular complexity index is 869. The van der Waals surface area contributed by atoms with Crippen LogP contribution in [0.2, 0.25) is 0 Å². The minimum absolute atomic E-state index is 0.0218. The lowest BCUT2D eigenvalue weighted by Crippen LogP contribution is -2.15. The Morgan fingerprint density at radius 3 is 2.48 bits per heavy atom. The molecule has 0 saturated heterocycles. The Balaban J connectivity index is 2.54. The predicted molar refractivity (Wildman–Crippen MR) is 87.1 cm³/mol. The van der Waals surface area contributed by atoms with Crippen molar-refractivity contribution in [3.05, 3.63) is 46.1 Å². The van der Waals surface area contributed by atoms with E-state index in [-0.39, 0.29) is 11.2 Å². The smallest absolute Gasteiger partial charge is 0.372 e. The molecule has 3 rings (SSSR count). The first-order chi connectivity index (χ1) is 9.80. The zero-order valence-corrected chi connectivity index (χ0v) is 13.6. The molecule has 0 amide bonds. The van der Waals surface area contributed by atoms with Gasteiger partial charge in [-0.25, -0.2) is 4.79 Å². The van der Waals surface area contributed by atoms with Crippen LogP contribution in [0.25, 0.3) is 21.7 Å². The number of rotatable bonds is 1. The molecule has 1 N–H and O–H groups in total. The van der Waals surface area contributed by atoms with E-state index in [0.29, 0.717) is 5.58 Å². The van der Waals surface area contributed by atoms with Gasteiger partial charge in [0.2, 0.25) is 5.76 Å². The predicted octanol–water partition coefficient (Wildman–Crippen LogP) is 5.34. The van der Waals surface area contributed by atoms with Gasteiger partial charge in [0, 0.05) is 10.9 Å². The van der Waals surface area contributed by atoms with Crippen LogP contribution in [0.15, 0.2) is 39.2 Å². The molecule has 1 heterocycles. The molecule has 0 atom stereocenters. The van der Waals surface area contributed by atoms with Crippen molar-refractivity contribution in [3.63, 3.8) is 0 Å². The fourth-order valence-electron chi connectivity index (χ4n) is 2.74. The van der Waals surface area contributed by atoms with Gasteiger partial charge in [0.1, 0.15) is 5.58 Å². The van der Waals surface area contributed by atoms with Crippen LogP contribution in [-0.4, -0.2) is 11.1 Å². The van der Waals surface area contributed by atoms with Crippen molar-refractivity contribution in [2.75, 3.05) is 0 Å². The van der Waals surface area contributed by atoms with Gasteiger partial charge in [-0.3, -0.25) is 0 Å². The van der Waals surface area contributed by atoms with Gasteiger partial charge in [-0.15, -0.1) is 0 Å². The van der Waals surface area contributed by atoms with E-state index in [0.717, 1.165) is 26.2 Å². The highest BCUT2D eigenvalue weighted by Gasteiger charge is 2.30. The van der Waals surface area contributed by atoms with Crippen LogP contribution in [0.3, 0.4) is 0 Å². The third kappa shape index (κ3) is 2.14. The number of fused-ring (bicyclic) bond motifs is 2. The van der Waals surface area contributed by atoms with Crippen molar-refractivity contribution < 1.29 is 14.3 Å². The molecule has 3 aromatic rings. The molecule has 4 heteroatoms. The Morgan fingerprint density at radius 2 is 1.86 bits per heavy atom. The number of halogens is 1. The molecule has 0 aliphatic heterocycles. The van der Waals surface area contributed by atoms with Crippen LogP contribution in [0.1, 0.15) is 36.9 Å². The largest absolute Gasteiger partial charge is 0.475 e. The average molecular weight is 347 g/mol. The maximum Gasteiger partial charge on any atom is 0.372 e. The molecule has 0 radical (unpaired) electrons. The monoisotopic (exact) mass is 346 g/mol. The van der Waals surface area contributed by atoms with Crippen LogP contribution in [0.4, 0.5) is 0 Å². The fraction of sp³-hybridized carbons (Fsp3) is 0.235. The molecule has 0 bridgehead atoms. The van der Waals surface area contributed by atoms with Crippen LogP contribution >= 0.6 is 15.9 Å². The van der Waals surface area contributed by atoms with Crippen molar-refractivity contribution in [2.24, 2.45) is 0 Å². The standard InChI is InChI=1S/C17H15BrO3/c1-17(2,3)12-11-8-9-6-4-5-7-10(9)13(18)14(11)21-15(12)16(19)20/h4-8H,1-3H3,(H,19,20). The van der Waals surface area contributed by atoms with Gasteiger partial charge in [-0.2, -0.15) is 0 Å². The van der Waals surface area contributed by atoms with Gasteiger partial charge in [0.05, 0.1) is 4.47 Å². The molecular weight excluding hydrogens is 332 g/mol. The first kappa shape index (κ1) is 14.1. The lowest BCUT2D eigenvalue weighted by atomic mass is 9.84. The normalized spacial score (nSPS) is 12.2. The average Bonchev–Trinajstić information content (AvgIpc) is 2.79. The van der Waals surface area contributed by atoms with Gasteiger partial charge in [0.15, 0.2) is 0 Å². The molecule has 1 aromatic heterocycles. The summed E-state index contributed by atoms with van der Waals surface area (Å²) in [5.41, 5.74) is 1.01. The van der Waals surface area contributed by atoms with Gasteiger partial charge in [0.25, 0.3) is 0 Å². The van der Waals surface area contributed by atoms with E-state index in [1.807, 2.05) is 51.1 Å². The number of carboxylic acid groups (broad SMARTS) is 1. The number of furan rings is 1. The second-order valence-electron chi connectivity index (χ2n) is 6.15. The van der Waals surface area contributed by atoms with E-state index >= 15 is 0 Å². The first-order valence-corrected chi connectivity index (χ1v) is 7.47. The zero-order chi connectivity index (χ0) is 15.4. The second kappa shape index (κ2) is 4.60. The highest BCUT2D eigenvalue weighted by Crippen LogP contribution is 2.41. The second-order valence-corrected chi connectivity index (χ2v) is 6.94. The maximum absolute atomic E-state index is 11.5. The summed E-state index contributed by atoms with van der Waals surface area (Å²) in [6.45, 7) is 5.98. The molecule has 0 aliphatic rings. The van der Waals surface area contributed by atoms with Gasteiger partial charge in [-0.05, 0) is 38.2 Å². The highest BCUT2D eigenvalue weighted by molar-refractivity contribution is 9.10. The third-order valence-electron chi connectivity index (χ3n) is 3.59. The van der Waals surface area contributed by atoms with Crippen molar-refractivity contribution >= 4 is 43.6 Å². The van der Waals surface area contributed by atoms with Crippen LogP contribution < -0.4 is 0 Å². The quantitative estimate of drug-likeness (QED) is 0.646. The van der Waals surface area contributed by atoms with Crippen molar-refractivity contribution in [2.45, 2.75) is 26.2 Å². The third-order valence-corrected chi connectivity index (χ3v) is 4.37. The summed E-state index contributed by atoms with van der Waals surface area (Å²) in [6.07, 6.45) is 0. The maximum atomic E-state index is 11.5. The lowest BCUT2D eigenvalue weighted by molar-refractivity contribution is 0.0661. The highest BCUT2D eigenvalue weighted by atomic mass is 79.9. The summed E-state index contributed by atoms with van der Waals surface area (Å²) in [4.78, 5) is 11.5. The fourth-order valence-corrected chi connectivity index (χ4v) is 3.40. The van der Waals surface area contributed by atoms with Gasteiger partial charge in [-0.1, -0.05) is 45.0 Å². The molecule has 3 nitrogen and oxygen atoms in total. The minimum atomic E-state index is -1.04. The topological polar surface area (TPSA) is 50.4 Å². The van der Waals surface area contributed by atoms with Crippen LogP contribution in [0.5, 0.6) is 0 Å². The Kier molecular flexibility index (Phi) is 3.10. The van der Waals surface area contributed by atoms with Gasteiger partial charge < -0.3 is 9.52 Å². The zero-order valence-electron chi connectivity index (χ0n) is 12.0. The SMILES string of the molecule is CC(C)(C)c1c(C(=O)O)oc2c(Br)c3ccccc3cc12. The van der Waals surface area contributed by atoms with E-state index in [9.17, 15) is 9.90 Å². The Morgan fingerprint density at radius 1 is 1.19 bits per heavy atom. The summed E-state index contributed by atoms with van der Waals surface area (Å²) in [7, 11) is 0. The van der Waals surface area contributed by atoms with Crippen molar-refractivity contribution in [3.8, 4) is 0 Å². The van der Waals surface area contributed by atoms with E-state index in [2.05, 4.69) is 15.9 Å². The Hall–Kier alpha value is -1.81. The number of hydrogen-bond donors (Lipinski definition) is 1. The molecule has 0 spiro atoms.